The molecule has 1 amide bonds. The molecule has 1 aliphatic heterocycles. The number of aliphatic hydroxyl groups excluding tert-OH is 1. The Kier molecular flexibility index (Phi) is 4.07. The first kappa shape index (κ1) is 13.6. The normalized spacial score (nSPS) is 21.1. The third-order valence-electron chi connectivity index (χ3n) is 3.69. The van der Waals surface area contributed by atoms with Crippen molar-refractivity contribution in [3.8, 4) is 0 Å². The molecule has 2 unspecified atom stereocenters. The van der Waals surface area contributed by atoms with E-state index in [4.69, 9.17) is 0 Å². The van der Waals surface area contributed by atoms with E-state index in [1.54, 1.807) is 6.92 Å². The molecule has 1 N–H and O–H groups in total. The largest absolute Gasteiger partial charge is 0.393 e. The molecule has 1 fully saturated rings. The summed E-state index contributed by atoms with van der Waals surface area (Å²) in [5, 5.41) is 9.58. The first-order chi connectivity index (χ1) is 8.50. The first-order valence-corrected chi connectivity index (χ1v) is 7.02. The highest BCUT2D eigenvalue weighted by atomic mass is 79.9. The highest BCUT2D eigenvalue weighted by Crippen LogP contribution is 2.25. The highest BCUT2D eigenvalue weighted by Gasteiger charge is 2.30. The van der Waals surface area contributed by atoms with Gasteiger partial charge in [-0.05, 0) is 38.0 Å². The van der Waals surface area contributed by atoms with Crippen LogP contribution in [-0.4, -0.2) is 35.1 Å². The van der Waals surface area contributed by atoms with E-state index in [9.17, 15) is 9.90 Å². The predicted molar refractivity (Wildman–Crippen MR) is 74.6 cm³/mol. The van der Waals surface area contributed by atoms with E-state index in [0.29, 0.717) is 6.54 Å². The van der Waals surface area contributed by atoms with E-state index in [1.807, 2.05) is 30.0 Å². The molecule has 0 saturated carbocycles. The lowest BCUT2D eigenvalue weighted by atomic mass is 10.0. The van der Waals surface area contributed by atoms with Gasteiger partial charge in [-0.15, -0.1) is 0 Å². The van der Waals surface area contributed by atoms with Crippen LogP contribution in [0.25, 0.3) is 0 Å². The zero-order chi connectivity index (χ0) is 13.3. The Balaban J connectivity index is 2.16. The van der Waals surface area contributed by atoms with E-state index in [0.717, 1.165) is 28.6 Å². The number of halogens is 1. The monoisotopic (exact) mass is 311 g/mol. The Labute approximate surface area is 116 Å². The van der Waals surface area contributed by atoms with E-state index >= 15 is 0 Å². The topological polar surface area (TPSA) is 40.5 Å². The number of carbonyl (C=O) groups is 1. The number of hydrogen-bond acceptors (Lipinski definition) is 2. The fourth-order valence-electron chi connectivity index (χ4n) is 2.38. The Morgan fingerprint density at radius 2 is 2.28 bits per heavy atom. The van der Waals surface area contributed by atoms with Gasteiger partial charge in [0, 0.05) is 29.0 Å². The van der Waals surface area contributed by atoms with Gasteiger partial charge in [0.2, 0.25) is 0 Å². The standard InChI is InChI=1S/C14H18BrNO2/c1-9-12(4-3-5-13(9)15)14(18)16-7-6-11(8-16)10(2)17/h3-5,10-11,17H,6-8H2,1-2H3. The van der Waals surface area contributed by atoms with Crippen molar-refractivity contribution < 1.29 is 9.90 Å². The van der Waals surface area contributed by atoms with Crippen molar-refractivity contribution in [3.05, 3.63) is 33.8 Å². The summed E-state index contributed by atoms with van der Waals surface area (Å²) in [5.41, 5.74) is 1.72. The van der Waals surface area contributed by atoms with Crippen molar-refractivity contribution >= 4 is 21.8 Å². The van der Waals surface area contributed by atoms with Crippen LogP contribution in [-0.2, 0) is 0 Å². The van der Waals surface area contributed by atoms with Crippen LogP contribution in [0.1, 0.15) is 29.3 Å². The van der Waals surface area contributed by atoms with Crippen LogP contribution in [0.3, 0.4) is 0 Å². The Morgan fingerprint density at radius 3 is 2.89 bits per heavy atom. The van der Waals surface area contributed by atoms with Crippen LogP contribution in [0.4, 0.5) is 0 Å². The van der Waals surface area contributed by atoms with Gasteiger partial charge in [0.1, 0.15) is 0 Å². The lowest BCUT2D eigenvalue weighted by molar-refractivity contribution is 0.0761. The van der Waals surface area contributed by atoms with Crippen LogP contribution < -0.4 is 0 Å². The summed E-state index contributed by atoms with van der Waals surface area (Å²) >= 11 is 3.45. The van der Waals surface area contributed by atoms with E-state index in [-0.39, 0.29) is 17.9 Å². The Morgan fingerprint density at radius 1 is 1.56 bits per heavy atom. The summed E-state index contributed by atoms with van der Waals surface area (Å²) in [6.45, 7) is 5.13. The third kappa shape index (κ3) is 2.59. The van der Waals surface area contributed by atoms with Crippen molar-refractivity contribution in [2.24, 2.45) is 5.92 Å². The van der Waals surface area contributed by atoms with Gasteiger partial charge in [-0.1, -0.05) is 22.0 Å². The molecule has 1 heterocycles. The van der Waals surface area contributed by atoms with Crippen molar-refractivity contribution in [1.29, 1.82) is 0 Å². The number of hydrogen-bond donors (Lipinski definition) is 1. The van der Waals surface area contributed by atoms with Gasteiger partial charge < -0.3 is 10.0 Å². The van der Waals surface area contributed by atoms with Gasteiger partial charge in [-0.3, -0.25) is 4.79 Å². The molecule has 0 spiro atoms. The van der Waals surface area contributed by atoms with Gasteiger partial charge in [0.15, 0.2) is 0 Å². The number of aliphatic hydroxyl groups is 1. The average Bonchev–Trinajstić information content (AvgIpc) is 2.81. The predicted octanol–water partition coefficient (Wildman–Crippen LogP) is 2.60. The van der Waals surface area contributed by atoms with E-state index in [2.05, 4.69) is 15.9 Å². The van der Waals surface area contributed by atoms with E-state index in [1.165, 1.54) is 0 Å². The second-order valence-corrected chi connectivity index (χ2v) is 5.81. The SMILES string of the molecule is Cc1c(Br)cccc1C(=O)N1CCC(C(C)O)C1. The molecule has 98 valence electrons. The molecule has 0 aromatic heterocycles. The number of benzene rings is 1. The molecule has 2 atom stereocenters. The summed E-state index contributed by atoms with van der Waals surface area (Å²) in [6, 6.07) is 5.68. The molecular weight excluding hydrogens is 294 g/mol. The van der Waals surface area contributed by atoms with Gasteiger partial charge in [0.05, 0.1) is 6.10 Å². The number of likely N-dealkylation sites (tertiary alicyclic amines) is 1. The molecule has 18 heavy (non-hydrogen) atoms. The van der Waals surface area contributed by atoms with Crippen molar-refractivity contribution in [2.45, 2.75) is 26.4 Å². The minimum absolute atomic E-state index is 0.0666. The molecule has 0 bridgehead atoms. The van der Waals surface area contributed by atoms with Crippen molar-refractivity contribution in [3.63, 3.8) is 0 Å². The number of nitrogens with zero attached hydrogens (tertiary/aromatic N) is 1. The second kappa shape index (κ2) is 5.41. The van der Waals surface area contributed by atoms with Gasteiger partial charge in [-0.2, -0.15) is 0 Å². The summed E-state index contributed by atoms with van der Waals surface area (Å²) in [6.07, 6.45) is 0.544. The zero-order valence-electron chi connectivity index (χ0n) is 10.7. The number of carbonyl (C=O) groups excluding carboxylic acids is 1. The minimum atomic E-state index is -0.341. The third-order valence-corrected chi connectivity index (χ3v) is 4.55. The maximum Gasteiger partial charge on any atom is 0.254 e. The molecular formula is C14H18BrNO2. The zero-order valence-corrected chi connectivity index (χ0v) is 12.3. The van der Waals surface area contributed by atoms with Crippen LogP contribution in [0.15, 0.2) is 22.7 Å². The van der Waals surface area contributed by atoms with Crippen LogP contribution >= 0.6 is 15.9 Å². The molecule has 4 heteroatoms. The van der Waals surface area contributed by atoms with E-state index < -0.39 is 0 Å². The fourth-order valence-corrected chi connectivity index (χ4v) is 2.74. The van der Waals surface area contributed by atoms with Crippen molar-refractivity contribution in [1.82, 2.24) is 4.90 Å². The average molecular weight is 312 g/mol. The molecule has 1 aliphatic rings. The first-order valence-electron chi connectivity index (χ1n) is 6.23. The molecule has 0 radical (unpaired) electrons. The molecule has 1 aromatic rings. The minimum Gasteiger partial charge on any atom is -0.393 e. The smallest absolute Gasteiger partial charge is 0.254 e. The summed E-state index contributed by atoms with van der Waals surface area (Å²) in [7, 11) is 0. The molecule has 1 aromatic carbocycles. The maximum atomic E-state index is 12.4. The molecule has 0 aliphatic carbocycles. The van der Waals surface area contributed by atoms with Crippen molar-refractivity contribution in [2.75, 3.05) is 13.1 Å². The summed E-state index contributed by atoms with van der Waals surface area (Å²) in [4.78, 5) is 14.3. The lowest BCUT2D eigenvalue weighted by Gasteiger charge is -2.19. The summed E-state index contributed by atoms with van der Waals surface area (Å²) in [5.74, 6) is 0.276. The quantitative estimate of drug-likeness (QED) is 0.912. The number of amides is 1. The Hall–Kier alpha value is -0.870. The molecule has 2 rings (SSSR count). The van der Waals surface area contributed by atoms with Crippen LogP contribution in [0, 0.1) is 12.8 Å². The van der Waals surface area contributed by atoms with Gasteiger partial charge in [0.25, 0.3) is 5.91 Å². The second-order valence-electron chi connectivity index (χ2n) is 4.95. The lowest BCUT2D eigenvalue weighted by Crippen LogP contribution is -2.30. The Bertz CT molecular complexity index is 459. The number of rotatable bonds is 2. The highest BCUT2D eigenvalue weighted by molar-refractivity contribution is 9.10. The summed E-state index contributed by atoms with van der Waals surface area (Å²) < 4.78 is 0.958. The maximum absolute atomic E-state index is 12.4. The fraction of sp³-hybridized carbons (Fsp3) is 0.500. The van der Waals surface area contributed by atoms with Gasteiger partial charge >= 0.3 is 0 Å². The molecule has 3 nitrogen and oxygen atoms in total. The van der Waals surface area contributed by atoms with Gasteiger partial charge in [-0.25, -0.2) is 0 Å². The van der Waals surface area contributed by atoms with Crippen LogP contribution in [0.5, 0.6) is 0 Å². The van der Waals surface area contributed by atoms with Crippen LogP contribution in [0.2, 0.25) is 0 Å². The molecule has 1 saturated heterocycles.